The summed E-state index contributed by atoms with van der Waals surface area (Å²) in [5.74, 6) is 2.29. The van der Waals surface area contributed by atoms with Gasteiger partial charge in [0, 0.05) is 4.47 Å². The van der Waals surface area contributed by atoms with Crippen LogP contribution in [0, 0.1) is 0 Å². The zero-order chi connectivity index (χ0) is 15.2. The zero-order valence-corrected chi connectivity index (χ0v) is 14.2. The maximum Gasteiger partial charge on any atom is 0.131 e. The van der Waals surface area contributed by atoms with Gasteiger partial charge in [0.15, 0.2) is 0 Å². The van der Waals surface area contributed by atoms with Crippen LogP contribution in [0.25, 0.3) is 0 Å². The first kappa shape index (κ1) is 16.1. The topological polar surface area (TPSA) is 35.2 Å². The van der Waals surface area contributed by atoms with E-state index < -0.39 is 0 Å². The first-order valence-electron chi connectivity index (χ1n) is 7.41. The average molecular weight is 348 g/mol. The normalized spacial score (nSPS) is 12.2. The Balaban J connectivity index is 2.36. The van der Waals surface area contributed by atoms with Crippen LogP contribution in [-0.4, -0.2) is 6.54 Å². The Kier molecular flexibility index (Phi) is 5.83. The van der Waals surface area contributed by atoms with Crippen molar-refractivity contribution < 1.29 is 4.74 Å². The molecule has 0 saturated carbocycles. The van der Waals surface area contributed by atoms with Crippen molar-refractivity contribution in [3.8, 4) is 11.5 Å². The molecule has 2 aromatic rings. The minimum absolute atomic E-state index is 0.478. The van der Waals surface area contributed by atoms with E-state index in [4.69, 9.17) is 10.5 Å². The van der Waals surface area contributed by atoms with Gasteiger partial charge < -0.3 is 10.5 Å². The van der Waals surface area contributed by atoms with E-state index in [2.05, 4.69) is 48.0 Å². The number of hydrogen-bond acceptors (Lipinski definition) is 2. The first-order chi connectivity index (χ1) is 10.2. The molecule has 112 valence electrons. The van der Waals surface area contributed by atoms with E-state index in [1.807, 2.05) is 24.3 Å². The van der Waals surface area contributed by atoms with E-state index >= 15 is 0 Å². The van der Waals surface area contributed by atoms with Gasteiger partial charge in [-0.3, -0.25) is 0 Å². The second-order valence-electron chi connectivity index (χ2n) is 5.24. The van der Waals surface area contributed by atoms with E-state index in [-0.39, 0.29) is 0 Å². The molecule has 3 heteroatoms. The van der Waals surface area contributed by atoms with Crippen molar-refractivity contribution >= 4 is 15.9 Å². The third-order valence-corrected chi connectivity index (χ3v) is 4.22. The Labute approximate surface area is 135 Å². The fraction of sp³-hybridized carbons (Fsp3) is 0.333. The van der Waals surface area contributed by atoms with E-state index in [1.54, 1.807) is 0 Å². The highest BCUT2D eigenvalue weighted by Crippen LogP contribution is 2.34. The lowest BCUT2D eigenvalue weighted by Gasteiger charge is -2.17. The van der Waals surface area contributed by atoms with Crippen molar-refractivity contribution in [2.45, 2.75) is 32.6 Å². The van der Waals surface area contributed by atoms with Crippen LogP contribution in [0.15, 0.2) is 46.9 Å². The minimum Gasteiger partial charge on any atom is -0.457 e. The van der Waals surface area contributed by atoms with E-state index in [0.29, 0.717) is 12.5 Å². The molecule has 2 N–H and O–H groups in total. The van der Waals surface area contributed by atoms with Crippen LogP contribution in [-0.2, 0) is 6.42 Å². The molecule has 21 heavy (non-hydrogen) atoms. The molecule has 0 aromatic heterocycles. The molecule has 0 saturated heterocycles. The van der Waals surface area contributed by atoms with Crippen molar-refractivity contribution in [2.75, 3.05) is 6.54 Å². The Morgan fingerprint density at radius 2 is 1.90 bits per heavy atom. The molecule has 1 unspecified atom stereocenters. The number of ether oxygens (including phenoxy) is 1. The first-order valence-corrected chi connectivity index (χ1v) is 8.20. The minimum atomic E-state index is 0.478. The highest BCUT2D eigenvalue weighted by atomic mass is 79.9. The zero-order valence-electron chi connectivity index (χ0n) is 12.6. The number of para-hydroxylation sites is 1. The Hall–Kier alpha value is -1.32. The van der Waals surface area contributed by atoms with Gasteiger partial charge in [-0.2, -0.15) is 0 Å². The summed E-state index contributed by atoms with van der Waals surface area (Å²) in [6.07, 6.45) is 1.91. The summed E-state index contributed by atoms with van der Waals surface area (Å²) in [6, 6.07) is 14.4. The van der Waals surface area contributed by atoms with Gasteiger partial charge in [0.05, 0.1) is 0 Å². The van der Waals surface area contributed by atoms with Gasteiger partial charge in [0.2, 0.25) is 0 Å². The van der Waals surface area contributed by atoms with Gasteiger partial charge >= 0.3 is 0 Å². The molecule has 0 aliphatic heterocycles. The number of nitrogens with two attached hydrogens (primary N) is 1. The summed E-state index contributed by atoms with van der Waals surface area (Å²) >= 11 is 3.51. The molecule has 0 radical (unpaired) electrons. The fourth-order valence-electron chi connectivity index (χ4n) is 2.30. The lowest BCUT2D eigenvalue weighted by atomic mass is 9.98. The second-order valence-corrected chi connectivity index (χ2v) is 6.16. The standard InChI is InChI=1S/C18H22BrNO/c1-3-13(2)16-6-4-5-7-17(16)21-18-12-15(19)9-8-14(18)10-11-20/h4-9,12-13H,3,10-11,20H2,1-2H3. The Morgan fingerprint density at radius 3 is 2.62 bits per heavy atom. The molecule has 2 aromatic carbocycles. The third kappa shape index (κ3) is 4.08. The van der Waals surface area contributed by atoms with Crippen LogP contribution in [0.2, 0.25) is 0 Å². The summed E-state index contributed by atoms with van der Waals surface area (Å²) in [5, 5.41) is 0. The van der Waals surface area contributed by atoms with Gasteiger partial charge in [-0.1, -0.05) is 54.0 Å². The Morgan fingerprint density at radius 1 is 1.14 bits per heavy atom. The van der Waals surface area contributed by atoms with Crippen molar-refractivity contribution in [3.63, 3.8) is 0 Å². The summed E-state index contributed by atoms with van der Waals surface area (Å²) in [4.78, 5) is 0. The highest BCUT2D eigenvalue weighted by molar-refractivity contribution is 9.10. The van der Waals surface area contributed by atoms with Gasteiger partial charge in [-0.15, -0.1) is 0 Å². The highest BCUT2D eigenvalue weighted by Gasteiger charge is 2.12. The predicted octanol–water partition coefficient (Wildman–Crippen LogP) is 5.26. The van der Waals surface area contributed by atoms with E-state index in [0.717, 1.165) is 34.4 Å². The van der Waals surface area contributed by atoms with E-state index in [9.17, 15) is 0 Å². The number of benzene rings is 2. The van der Waals surface area contributed by atoms with Crippen molar-refractivity contribution in [2.24, 2.45) is 5.73 Å². The molecule has 2 rings (SSSR count). The van der Waals surface area contributed by atoms with Crippen molar-refractivity contribution in [1.29, 1.82) is 0 Å². The van der Waals surface area contributed by atoms with Crippen LogP contribution in [0.4, 0.5) is 0 Å². The summed E-state index contributed by atoms with van der Waals surface area (Å²) in [6.45, 7) is 5.04. The van der Waals surface area contributed by atoms with Gasteiger partial charge in [0.1, 0.15) is 11.5 Å². The number of hydrogen-bond donors (Lipinski definition) is 1. The second kappa shape index (κ2) is 7.62. The smallest absolute Gasteiger partial charge is 0.131 e. The molecule has 0 amide bonds. The van der Waals surface area contributed by atoms with Gasteiger partial charge in [-0.05, 0) is 54.6 Å². The average Bonchev–Trinajstić information content (AvgIpc) is 2.50. The Bertz CT molecular complexity index is 598. The van der Waals surface area contributed by atoms with Crippen LogP contribution in [0.3, 0.4) is 0 Å². The van der Waals surface area contributed by atoms with E-state index in [1.165, 1.54) is 5.56 Å². The summed E-state index contributed by atoms with van der Waals surface area (Å²) in [5.41, 5.74) is 8.08. The molecule has 0 aliphatic rings. The summed E-state index contributed by atoms with van der Waals surface area (Å²) in [7, 11) is 0. The molecule has 1 atom stereocenters. The molecule has 0 spiro atoms. The number of halogens is 1. The monoisotopic (exact) mass is 347 g/mol. The summed E-state index contributed by atoms with van der Waals surface area (Å²) < 4.78 is 7.22. The molecule has 0 fully saturated rings. The molecule has 0 heterocycles. The fourth-order valence-corrected chi connectivity index (χ4v) is 2.64. The molecular weight excluding hydrogens is 326 g/mol. The molecule has 0 aliphatic carbocycles. The maximum atomic E-state index is 6.21. The van der Waals surface area contributed by atoms with Gasteiger partial charge in [-0.25, -0.2) is 0 Å². The quantitative estimate of drug-likeness (QED) is 0.773. The molecular formula is C18H22BrNO. The van der Waals surface area contributed by atoms with Gasteiger partial charge in [0.25, 0.3) is 0 Å². The van der Waals surface area contributed by atoms with Crippen LogP contribution in [0.5, 0.6) is 11.5 Å². The van der Waals surface area contributed by atoms with Crippen LogP contribution < -0.4 is 10.5 Å². The lowest BCUT2D eigenvalue weighted by Crippen LogP contribution is -2.04. The maximum absolute atomic E-state index is 6.21. The SMILES string of the molecule is CCC(C)c1ccccc1Oc1cc(Br)ccc1CCN. The number of rotatable bonds is 6. The predicted molar refractivity (Wildman–Crippen MR) is 92.1 cm³/mol. The van der Waals surface area contributed by atoms with Crippen LogP contribution in [0.1, 0.15) is 37.3 Å². The van der Waals surface area contributed by atoms with Crippen molar-refractivity contribution in [3.05, 3.63) is 58.1 Å². The van der Waals surface area contributed by atoms with Crippen molar-refractivity contribution in [1.82, 2.24) is 0 Å². The van der Waals surface area contributed by atoms with Crippen LogP contribution >= 0.6 is 15.9 Å². The molecule has 2 nitrogen and oxygen atoms in total. The third-order valence-electron chi connectivity index (χ3n) is 3.73. The lowest BCUT2D eigenvalue weighted by molar-refractivity contribution is 0.464. The molecule has 0 bridgehead atoms. The largest absolute Gasteiger partial charge is 0.457 e.